The Hall–Kier alpha value is -0.640. The van der Waals surface area contributed by atoms with Crippen LogP contribution in [0.5, 0.6) is 0 Å². The van der Waals surface area contributed by atoms with Crippen molar-refractivity contribution in [1.29, 1.82) is 0 Å². The van der Waals surface area contributed by atoms with Gasteiger partial charge in [-0.25, -0.2) is 4.39 Å². The van der Waals surface area contributed by atoms with Crippen LogP contribution in [-0.4, -0.2) is 17.3 Å². The van der Waals surface area contributed by atoms with Gasteiger partial charge in [0.25, 0.3) is 0 Å². The predicted molar refractivity (Wildman–Crippen MR) is 68.6 cm³/mol. The molecule has 0 aliphatic heterocycles. The van der Waals surface area contributed by atoms with Crippen molar-refractivity contribution in [2.45, 2.75) is 38.8 Å². The van der Waals surface area contributed by atoms with Gasteiger partial charge in [-0.05, 0) is 18.9 Å². The molecule has 0 heterocycles. The minimum atomic E-state index is -0.713. The van der Waals surface area contributed by atoms with Gasteiger partial charge in [0.05, 0.1) is 10.6 Å². The van der Waals surface area contributed by atoms with Crippen molar-refractivity contribution >= 4 is 11.6 Å². The van der Waals surface area contributed by atoms with Crippen molar-refractivity contribution < 1.29 is 9.50 Å². The van der Waals surface area contributed by atoms with Crippen LogP contribution in [0, 0.1) is 5.82 Å². The molecule has 0 bridgehead atoms. The second-order valence-electron chi connectivity index (χ2n) is 4.25. The van der Waals surface area contributed by atoms with E-state index in [2.05, 4.69) is 5.32 Å². The number of aliphatic hydroxyl groups is 1. The molecule has 0 saturated carbocycles. The lowest BCUT2D eigenvalue weighted by atomic mass is 9.97. The lowest BCUT2D eigenvalue weighted by molar-refractivity contribution is 0.0322. The fourth-order valence-corrected chi connectivity index (χ4v) is 1.81. The summed E-state index contributed by atoms with van der Waals surface area (Å²) < 4.78 is 13.6. The molecule has 17 heavy (non-hydrogen) atoms. The van der Waals surface area contributed by atoms with Crippen LogP contribution in [0.1, 0.15) is 32.3 Å². The molecule has 0 aromatic heterocycles. The summed E-state index contributed by atoms with van der Waals surface area (Å²) in [5.74, 6) is -0.391. The Labute approximate surface area is 107 Å². The van der Waals surface area contributed by atoms with Crippen LogP contribution in [0.2, 0.25) is 5.02 Å². The molecule has 4 heteroatoms. The van der Waals surface area contributed by atoms with Crippen molar-refractivity contribution in [3.63, 3.8) is 0 Å². The van der Waals surface area contributed by atoms with Crippen LogP contribution in [0.15, 0.2) is 18.2 Å². The first-order chi connectivity index (χ1) is 8.02. The maximum absolute atomic E-state index is 13.6. The van der Waals surface area contributed by atoms with Gasteiger partial charge < -0.3 is 10.4 Å². The smallest absolute Gasteiger partial charge is 0.146 e. The zero-order valence-corrected chi connectivity index (χ0v) is 11.0. The van der Waals surface area contributed by atoms with Gasteiger partial charge in [0.1, 0.15) is 5.82 Å². The summed E-state index contributed by atoms with van der Waals surface area (Å²) in [4.78, 5) is 0. The lowest BCUT2D eigenvalue weighted by Gasteiger charge is -2.25. The maximum atomic E-state index is 13.6. The quantitative estimate of drug-likeness (QED) is 0.823. The molecule has 2 N–H and O–H groups in total. The van der Waals surface area contributed by atoms with E-state index in [-0.39, 0.29) is 5.02 Å². The van der Waals surface area contributed by atoms with Crippen LogP contribution in [0.4, 0.5) is 4.39 Å². The molecule has 1 aromatic rings. The third-order valence-corrected chi connectivity index (χ3v) is 3.41. The Morgan fingerprint density at radius 1 is 1.35 bits per heavy atom. The first-order valence-corrected chi connectivity index (χ1v) is 6.26. The van der Waals surface area contributed by atoms with Crippen LogP contribution in [0.3, 0.4) is 0 Å². The van der Waals surface area contributed by atoms with Gasteiger partial charge in [0.15, 0.2) is 0 Å². The largest absolute Gasteiger partial charge is 0.389 e. The Morgan fingerprint density at radius 3 is 2.59 bits per heavy atom. The molecular weight excluding hydrogens is 241 g/mol. The molecule has 0 unspecified atom stereocenters. The minimum absolute atomic E-state index is 0.130. The van der Waals surface area contributed by atoms with E-state index < -0.39 is 11.4 Å². The molecular formula is C13H19ClFNO. The topological polar surface area (TPSA) is 32.3 Å². The molecule has 1 aromatic carbocycles. The summed E-state index contributed by atoms with van der Waals surface area (Å²) in [6.07, 6.45) is 1.35. The van der Waals surface area contributed by atoms with E-state index in [1.807, 2.05) is 13.8 Å². The first kappa shape index (κ1) is 14.4. The van der Waals surface area contributed by atoms with Crippen molar-refractivity contribution in [2.24, 2.45) is 0 Å². The molecule has 1 rings (SSSR count). The van der Waals surface area contributed by atoms with E-state index >= 15 is 0 Å². The van der Waals surface area contributed by atoms with Crippen molar-refractivity contribution in [3.8, 4) is 0 Å². The van der Waals surface area contributed by atoms with Gasteiger partial charge in [-0.15, -0.1) is 0 Å². The lowest BCUT2D eigenvalue weighted by Crippen LogP contribution is -2.39. The fraction of sp³-hybridized carbons (Fsp3) is 0.538. The highest BCUT2D eigenvalue weighted by Gasteiger charge is 2.21. The number of rotatable bonds is 6. The summed E-state index contributed by atoms with van der Waals surface area (Å²) >= 11 is 5.69. The Balaban J connectivity index is 2.54. The minimum Gasteiger partial charge on any atom is -0.389 e. The molecule has 0 saturated heterocycles. The monoisotopic (exact) mass is 259 g/mol. The van der Waals surface area contributed by atoms with Gasteiger partial charge in [-0.1, -0.05) is 37.6 Å². The van der Waals surface area contributed by atoms with Gasteiger partial charge in [-0.2, -0.15) is 0 Å². The number of benzene rings is 1. The third kappa shape index (κ3) is 3.95. The SMILES string of the molecule is CCC(O)(CC)CNCc1cccc(Cl)c1F. The van der Waals surface area contributed by atoms with E-state index in [4.69, 9.17) is 11.6 Å². The summed E-state index contributed by atoms with van der Waals surface area (Å²) in [7, 11) is 0. The second-order valence-corrected chi connectivity index (χ2v) is 4.66. The van der Waals surface area contributed by atoms with E-state index in [0.717, 1.165) is 0 Å². The van der Waals surface area contributed by atoms with E-state index in [1.165, 1.54) is 6.07 Å². The van der Waals surface area contributed by atoms with Gasteiger partial charge in [0.2, 0.25) is 0 Å². The number of hydrogen-bond acceptors (Lipinski definition) is 2. The molecule has 0 amide bonds. The first-order valence-electron chi connectivity index (χ1n) is 5.88. The molecule has 0 aliphatic rings. The standard InChI is InChI=1S/C13H19ClFNO/c1-3-13(17,4-2)9-16-8-10-6-5-7-11(14)12(10)15/h5-7,16-17H,3-4,8-9H2,1-2H3. The number of nitrogens with one attached hydrogen (secondary N) is 1. The normalized spacial score (nSPS) is 11.8. The van der Waals surface area contributed by atoms with Crippen LogP contribution in [0.25, 0.3) is 0 Å². The Kier molecular flexibility index (Phi) is 5.37. The zero-order valence-electron chi connectivity index (χ0n) is 10.3. The van der Waals surface area contributed by atoms with Crippen molar-refractivity contribution in [2.75, 3.05) is 6.54 Å². The average Bonchev–Trinajstić information content (AvgIpc) is 2.34. The molecule has 0 spiro atoms. The molecule has 0 fully saturated rings. The van der Waals surface area contributed by atoms with Crippen LogP contribution < -0.4 is 5.32 Å². The molecule has 96 valence electrons. The highest BCUT2D eigenvalue weighted by molar-refractivity contribution is 6.30. The van der Waals surface area contributed by atoms with E-state index in [0.29, 0.717) is 31.5 Å². The molecule has 0 aliphatic carbocycles. The third-order valence-electron chi connectivity index (χ3n) is 3.12. The van der Waals surface area contributed by atoms with Gasteiger partial charge in [-0.3, -0.25) is 0 Å². The highest BCUT2D eigenvalue weighted by atomic mass is 35.5. The van der Waals surface area contributed by atoms with Gasteiger partial charge >= 0.3 is 0 Å². The number of hydrogen-bond donors (Lipinski definition) is 2. The fourth-order valence-electron chi connectivity index (χ4n) is 1.61. The molecule has 2 nitrogen and oxygen atoms in total. The molecule has 0 radical (unpaired) electrons. The second kappa shape index (κ2) is 6.34. The molecule has 0 atom stereocenters. The van der Waals surface area contributed by atoms with E-state index in [1.54, 1.807) is 12.1 Å². The predicted octanol–water partition coefficient (Wildman–Crippen LogP) is 3.12. The summed E-state index contributed by atoms with van der Waals surface area (Å²) in [6.45, 7) is 4.69. The zero-order chi connectivity index (χ0) is 12.9. The van der Waals surface area contributed by atoms with Crippen LogP contribution in [-0.2, 0) is 6.54 Å². The summed E-state index contributed by atoms with van der Waals surface area (Å²) in [5, 5.41) is 13.2. The summed E-state index contributed by atoms with van der Waals surface area (Å²) in [5.41, 5.74) is -0.193. The maximum Gasteiger partial charge on any atom is 0.146 e. The van der Waals surface area contributed by atoms with Crippen molar-refractivity contribution in [3.05, 3.63) is 34.6 Å². The Morgan fingerprint density at radius 2 is 2.00 bits per heavy atom. The average molecular weight is 260 g/mol. The van der Waals surface area contributed by atoms with Gasteiger partial charge in [0, 0.05) is 18.7 Å². The van der Waals surface area contributed by atoms with Crippen molar-refractivity contribution in [1.82, 2.24) is 5.32 Å². The summed E-state index contributed by atoms with van der Waals surface area (Å²) in [6, 6.07) is 4.92. The Bertz CT molecular complexity index is 366. The van der Waals surface area contributed by atoms with Crippen LogP contribution >= 0.6 is 11.6 Å². The highest BCUT2D eigenvalue weighted by Crippen LogP contribution is 2.18. The number of halogens is 2. The van der Waals surface area contributed by atoms with E-state index in [9.17, 15) is 9.50 Å².